The van der Waals surface area contributed by atoms with Crippen molar-refractivity contribution in [3.63, 3.8) is 0 Å². The number of rotatable bonds is 6. The van der Waals surface area contributed by atoms with Gasteiger partial charge >= 0.3 is 0 Å². The topological polar surface area (TPSA) is 35.6 Å². The van der Waals surface area contributed by atoms with E-state index >= 15 is 0 Å². The fourth-order valence-electron chi connectivity index (χ4n) is 3.48. The minimum absolute atomic E-state index is 0.0207. The Kier molecular flexibility index (Phi) is 6.89. The van der Waals surface area contributed by atoms with Crippen molar-refractivity contribution in [2.45, 2.75) is 32.5 Å². The number of piperazine rings is 1. The summed E-state index contributed by atoms with van der Waals surface area (Å²) in [4.78, 5) is 17.3. The molecule has 27 heavy (non-hydrogen) atoms. The molecule has 0 bridgehead atoms. The molecule has 2 aromatic rings. The van der Waals surface area contributed by atoms with Gasteiger partial charge in [0.05, 0.1) is 12.1 Å². The average molecular weight is 386 g/mol. The lowest BCUT2D eigenvalue weighted by molar-refractivity contribution is -0.127. The van der Waals surface area contributed by atoms with Gasteiger partial charge in [-0.05, 0) is 37.1 Å². The molecule has 0 radical (unpaired) electrons. The summed E-state index contributed by atoms with van der Waals surface area (Å²) in [7, 11) is 0. The zero-order valence-corrected chi connectivity index (χ0v) is 16.8. The van der Waals surface area contributed by atoms with Gasteiger partial charge in [0.25, 0.3) is 0 Å². The molecule has 5 heteroatoms. The number of hydrogen-bond acceptors (Lipinski definition) is 3. The Labute approximate surface area is 167 Å². The number of nitrogens with zero attached hydrogens (tertiary/aromatic N) is 2. The number of carbonyl (C=O) groups excluding carboxylic acids is 1. The van der Waals surface area contributed by atoms with Crippen molar-refractivity contribution in [1.29, 1.82) is 0 Å². The summed E-state index contributed by atoms with van der Waals surface area (Å²) in [6.07, 6.45) is 0. The third-order valence-electron chi connectivity index (χ3n) is 5.31. The number of halogens is 1. The lowest BCUT2D eigenvalue weighted by Gasteiger charge is -2.37. The van der Waals surface area contributed by atoms with Gasteiger partial charge in [-0.15, -0.1) is 0 Å². The van der Waals surface area contributed by atoms with Gasteiger partial charge in [-0.3, -0.25) is 14.6 Å². The molecule has 1 saturated heterocycles. The van der Waals surface area contributed by atoms with E-state index in [1.54, 1.807) is 0 Å². The predicted molar refractivity (Wildman–Crippen MR) is 111 cm³/mol. The van der Waals surface area contributed by atoms with E-state index < -0.39 is 0 Å². The van der Waals surface area contributed by atoms with E-state index in [1.165, 1.54) is 5.56 Å². The van der Waals surface area contributed by atoms with Crippen molar-refractivity contribution in [3.8, 4) is 0 Å². The van der Waals surface area contributed by atoms with Gasteiger partial charge in [0.15, 0.2) is 0 Å². The Morgan fingerprint density at radius 2 is 1.63 bits per heavy atom. The minimum Gasteiger partial charge on any atom is -0.348 e. The number of hydrogen-bond donors (Lipinski definition) is 1. The highest BCUT2D eigenvalue weighted by molar-refractivity contribution is 6.30. The number of nitrogens with one attached hydrogen (secondary N) is 1. The summed E-state index contributed by atoms with van der Waals surface area (Å²) < 4.78 is 0. The van der Waals surface area contributed by atoms with Crippen molar-refractivity contribution < 1.29 is 4.79 Å². The Hall–Kier alpha value is -1.88. The first-order valence-corrected chi connectivity index (χ1v) is 9.97. The summed E-state index contributed by atoms with van der Waals surface area (Å²) in [5.74, 6) is 0.0949. The molecule has 2 aromatic carbocycles. The first kappa shape index (κ1) is 19.9. The molecule has 1 fully saturated rings. The van der Waals surface area contributed by atoms with Gasteiger partial charge < -0.3 is 5.32 Å². The predicted octanol–water partition coefficient (Wildman–Crippen LogP) is 3.72. The molecule has 1 aliphatic heterocycles. The first-order chi connectivity index (χ1) is 13.0. The highest BCUT2D eigenvalue weighted by atomic mass is 35.5. The van der Waals surface area contributed by atoms with Gasteiger partial charge in [0, 0.05) is 37.7 Å². The van der Waals surface area contributed by atoms with Gasteiger partial charge in [-0.25, -0.2) is 0 Å². The van der Waals surface area contributed by atoms with Crippen LogP contribution in [-0.4, -0.2) is 47.9 Å². The van der Waals surface area contributed by atoms with Crippen LogP contribution in [0, 0.1) is 0 Å². The van der Waals surface area contributed by atoms with Crippen molar-refractivity contribution in [2.75, 3.05) is 26.2 Å². The molecule has 3 rings (SSSR count). The molecule has 0 aliphatic carbocycles. The number of carbonyl (C=O) groups is 1. The van der Waals surface area contributed by atoms with Crippen LogP contribution in [0.25, 0.3) is 0 Å². The first-order valence-electron chi connectivity index (χ1n) is 9.59. The van der Waals surface area contributed by atoms with Gasteiger partial charge in [0.2, 0.25) is 5.91 Å². The Morgan fingerprint density at radius 1 is 1.00 bits per heavy atom. The molecule has 0 unspecified atom stereocenters. The smallest absolute Gasteiger partial charge is 0.237 e. The summed E-state index contributed by atoms with van der Waals surface area (Å²) in [5.41, 5.74) is 2.40. The summed E-state index contributed by atoms with van der Waals surface area (Å²) in [6, 6.07) is 18.0. The molecule has 2 atom stereocenters. The molecule has 0 saturated carbocycles. The number of amides is 1. The molecule has 1 N–H and O–H groups in total. The van der Waals surface area contributed by atoms with Crippen molar-refractivity contribution in [1.82, 2.24) is 15.1 Å². The quantitative estimate of drug-likeness (QED) is 0.823. The monoisotopic (exact) mass is 385 g/mol. The molecule has 4 nitrogen and oxygen atoms in total. The van der Waals surface area contributed by atoms with E-state index in [-0.39, 0.29) is 18.0 Å². The highest BCUT2D eigenvalue weighted by Gasteiger charge is 2.26. The van der Waals surface area contributed by atoms with Crippen LogP contribution in [0.3, 0.4) is 0 Å². The molecular weight excluding hydrogens is 358 g/mol. The summed E-state index contributed by atoms with van der Waals surface area (Å²) in [6.45, 7) is 8.70. The van der Waals surface area contributed by atoms with Crippen LogP contribution in [-0.2, 0) is 11.3 Å². The SMILES string of the molecule is C[C@H](C(=O)N[C@H](C)c1ccccc1)N1CCN(Cc2ccc(Cl)cc2)CC1. The Balaban J connectivity index is 1.46. The third kappa shape index (κ3) is 5.55. The van der Waals surface area contributed by atoms with Crippen LogP contribution >= 0.6 is 11.6 Å². The standard InChI is InChI=1S/C22H28ClN3O/c1-17(20-6-4-3-5-7-20)24-22(27)18(2)26-14-12-25(13-15-26)16-19-8-10-21(23)11-9-19/h3-11,17-18H,12-16H2,1-2H3,(H,24,27)/t17-,18-/m1/s1. The average Bonchev–Trinajstić information content (AvgIpc) is 2.70. The van der Waals surface area contributed by atoms with Crippen LogP contribution in [0.5, 0.6) is 0 Å². The maximum absolute atomic E-state index is 12.7. The van der Waals surface area contributed by atoms with E-state index in [1.807, 2.05) is 56.3 Å². The van der Waals surface area contributed by atoms with Gasteiger partial charge in [-0.1, -0.05) is 54.1 Å². The Bertz CT molecular complexity index is 727. The molecule has 1 amide bonds. The van der Waals surface area contributed by atoms with Crippen molar-refractivity contribution >= 4 is 17.5 Å². The van der Waals surface area contributed by atoms with Crippen LogP contribution < -0.4 is 5.32 Å². The van der Waals surface area contributed by atoms with Gasteiger partial charge in [-0.2, -0.15) is 0 Å². The van der Waals surface area contributed by atoms with Gasteiger partial charge in [0.1, 0.15) is 0 Å². The third-order valence-corrected chi connectivity index (χ3v) is 5.56. The normalized spacial score (nSPS) is 18.0. The van der Waals surface area contributed by atoms with E-state index in [2.05, 4.69) is 27.2 Å². The van der Waals surface area contributed by atoms with E-state index in [0.717, 1.165) is 43.3 Å². The maximum atomic E-state index is 12.7. The summed E-state index contributed by atoms with van der Waals surface area (Å²) in [5, 5.41) is 3.91. The van der Waals surface area contributed by atoms with Crippen LogP contribution in [0.2, 0.25) is 5.02 Å². The van der Waals surface area contributed by atoms with Crippen LogP contribution in [0.1, 0.15) is 31.0 Å². The zero-order valence-electron chi connectivity index (χ0n) is 16.1. The minimum atomic E-state index is -0.117. The fourth-order valence-corrected chi connectivity index (χ4v) is 3.61. The number of benzene rings is 2. The lowest BCUT2D eigenvalue weighted by atomic mass is 10.1. The maximum Gasteiger partial charge on any atom is 0.237 e. The van der Waals surface area contributed by atoms with E-state index in [9.17, 15) is 4.79 Å². The van der Waals surface area contributed by atoms with Crippen molar-refractivity contribution in [3.05, 3.63) is 70.7 Å². The summed E-state index contributed by atoms with van der Waals surface area (Å²) >= 11 is 5.95. The second-order valence-corrected chi connectivity index (χ2v) is 7.69. The largest absolute Gasteiger partial charge is 0.348 e. The van der Waals surface area contributed by atoms with E-state index in [0.29, 0.717) is 0 Å². The lowest BCUT2D eigenvalue weighted by Crippen LogP contribution is -2.53. The molecule has 1 heterocycles. The molecule has 1 aliphatic rings. The Morgan fingerprint density at radius 3 is 2.26 bits per heavy atom. The molecule has 0 spiro atoms. The van der Waals surface area contributed by atoms with Crippen molar-refractivity contribution in [2.24, 2.45) is 0 Å². The second kappa shape index (κ2) is 9.36. The molecular formula is C22H28ClN3O. The van der Waals surface area contributed by atoms with Crippen LogP contribution in [0.4, 0.5) is 0 Å². The fraction of sp³-hybridized carbons (Fsp3) is 0.409. The zero-order chi connectivity index (χ0) is 19.2. The molecule has 144 valence electrons. The second-order valence-electron chi connectivity index (χ2n) is 7.26. The van der Waals surface area contributed by atoms with E-state index in [4.69, 9.17) is 11.6 Å². The molecule has 0 aromatic heterocycles. The highest BCUT2D eigenvalue weighted by Crippen LogP contribution is 2.15. The van der Waals surface area contributed by atoms with Crippen LogP contribution in [0.15, 0.2) is 54.6 Å².